The minimum atomic E-state index is 0.675. The molecule has 2 atom stereocenters. The predicted octanol–water partition coefficient (Wildman–Crippen LogP) is 3.32. The van der Waals surface area contributed by atoms with Crippen molar-refractivity contribution >= 4 is 0 Å². The normalized spacial score (nSPS) is 29.5. The van der Waals surface area contributed by atoms with E-state index in [0.29, 0.717) is 12.1 Å². The van der Waals surface area contributed by atoms with Crippen molar-refractivity contribution in [1.29, 1.82) is 0 Å². The minimum absolute atomic E-state index is 0.675. The van der Waals surface area contributed by atoms with Gasteiger partial charge in [-0.2, -0.15) is 5.10 Å². The number of nitrogens with zero attached hydrogens (tertiary/aromatic N) is 2. The zero-order valence-electron chi connectivity index (χ0n) is 12.1. The van der Waals surface area contributed by atoms with Crippen LogP contribution in [-0.2, 0) is 6.42 Å². The van der Waals surface area contributed by atoms with Crippen molar-refractivity contribution in [3.05, 3.63) is 18.0 Å². The molecule has 0 aromatic carbocycles. The first kappa shape index (κ1) is 13.2. The van der Waals surface area contributed by atoms with Crippen LogP contribution in [0.5, 0.6) is 0 Å². The number of aromatic nitrogens is 2. The van der Waals surface area contributed by atoms with E-state index in [-0.39, 0.29) is 0 Å². The standard InChI is InChI=1S/C16H27N3/c1-13-11-14(7-9-17-13)12-15-8-10-19(18-15)16-5-3-2-4-6-16/h8,10,13-14,16-17H,2-7,9,11-12H2,1H3. The predicted molar refractivity (Wildman–Crippen MR) is 78.2 cm³/mol. The first-order valence-corrected chi connectivity index (χ1v) is 8.08. The summed E-state index contributed by atoms with van der Waals surface area (Å²) in [5, 5.41) is 8.38. The van der Waals surface area contributed by atoms with E-state index in [1.54, 1.807) is 0 Å². The molecule has 2 aliphatic rings. The van der Waals surface area contributed by atoms with Gasteiger partial charge in [0.2, 0.25) is 0 Å². The van der Waals surface area contributed by atoms with Crippen LogP contribution in [-0.4, -0.2) is 22.4 Å². The molecule has 2 fully saturated rings. The van der Waals surface area contributed by atoms with Crippen molar-refractivity contribution in [3.63, 3.8) is 0 Å². The van der Waals surface area contributed by atoms with Crippen molar-refractivity contribution in [2.45, 2.75) is 70.4 Å². The molecular formula is C16H27N3. The van der Waals surface area contributed by atoms with Crippen molar-refractivity contribution in [2.75, 3.05) is 6.54 Å². The van der Waals surface area contributed by atoms with Crippen LogP contribution in [0.1, 0.15) is 63.6 Å². The van der Waals surface area contributed by atoms with Gasteiger partial charge < -0.3 is 5.32 Å². The van der Waals surface area contributed by atoms with Crippen LogP contribution in [0.25, 0.3) is 0 Å². The third-order valence-electron chi connectivity index (χ3n) is 4.84. The molecule has 3 heteroatoms. The van der Waals surface area contributed by atoms with E-state index in [2.05, 4.69) is 29.2 Å². The molecule has 1 saturated heterocycles. The maximum atomic E-state index is 4.85. The molecule has 1 aromatic heterocycles. The Labute approximate surface area is 116 Å². The lowest BCUT2D eigenvalue weighted by atomic mass is 9.89. The van der Waals surface area contributed by atoms with Crippen LogP contribution in [0.2, 0.25) is 0 Å². The quantitative estimate of drug-likeness (QED) is 0.904. The second kappa shape index (κ2) is 6.08. The van der Waals surface area contributed by atoms with Crippen LogP contribution in [0.15, 0.2) is 12.3 Å². The van der Waals surface area contributed by atoms with Crippen molar-refractivity contribution in [3.8, 4) is 0 Å². The van der Waals surface area contributed by atoms with Gasteiger partial charge in [-0.25, -0.2) is 0 Å². The van der Waals surface area contributed by atoms with E-state index < -0.39 is 0 Å². The number of hydrogen-bond acceptors (Lipinski definition) is 2. The first-order chi connectivity index (χ1) is 9.31. The summed E-state index contributed by atoms with van der Waals surface area (Å²) in [4.78, 5) is 0. The zero-order chi connectivity index (χ0) is 13.1. The summed E-state index contributed by atoms with van der Waals surface area (Å²) in [6, 6.07) is 3.61. The lowest BCUT2D eigenvalue weighted by Crippen LogP contribution is -2.36. The monoisotopic (exact) mass is 261 g/mol. The maximum Gasteiger partial charge on any atom is 0.0627 e. The van der Waals surface area contributed by atoms with Gasteiger partial charge in [0.05, 0.1) is 11.7 Å². The van der Waals surface area contributed by atoms with Crippen LogP contribution < -0.4 is 5.32 Å². The van der Waals surface area contributed by atoms with Crippen molar-refractivity contribution in [2.24, 2.45) is 5.92 Å². The van der Waals surface area contributed by atoms with Crippen molar-refractivity contribution in [1.82, 2.24) is 15.1 Å². The van der Waals surface area contributed by atoms with E-state index in [1.807, 2.05) is 0 Å². The summed E-state index contributed by atoms with van der Waals surface area (Å²) < 4.78 is 2.25. The van der Waals surface area contributed by atoms with Crippen LogP contribution in [0.3, 0.4) is 0 Å². The molecule has 1 aromatic rings. The molecule has 0 spiro atoms. The Morgan fingerprint density at radius 2 is 2.11 bits per heavy atom. The van der Waals surface area contributed by atoms with Gasteiger partial charge >= 0.3 is 0 Å². The number of hydrogen-bond donors (Lipinski definition) is 1. The summed E-state index contributed by atoms with van der Waals surface area (Å²) in [5.41, 5.74) is 1.31. The van der Waals surface area contributed by atoms with Gasteiger partial charge in [0.25, 0.3) is 0 Å². The van der Waals surface area contributed by atoms with E-state index >= 15 is 0 Å². The fourth-order valence-electron chi connectivity index (χ4n) is 3.75. The Morgan fingerprint density at radius 3 is 2.89 bits per heavy atom. The average Bonchev–Trinajstić information content (AvgIpc) is 2.88. The Bertz CT molecular complexity index is 392. The highest BCUT2D eigenvalue weighted by Gasteiger charge is 2.20. The highest BCUT2D eigenvalue weighted by atomic mass is 15.3. The summed E-state index contributed by atoms with van der Waals surface area (Å²) >= 11 is 0. The zero-order valence-corrected chi connectivity index (χ0v) is 12.1. The molecule has 1 aliphatic heterocycles. The Balaban J connectivity index is 1.58. The molecule has 1 saturated carbocycles. The Morgan fingerprint density at radius 1 is 1.26 bits per heavy atom. The summed E-state index contributed by atoms with van der Waals surface area (Å²) in [6.07, 6.45) is 12.8. The summed E-state index contributed by atoms with van der Waals surface area (Å²) in [5.74, 6) is 0.825. The van der Waals surface area contributed by atoms with Crippen molar-refractivity contribution < 1.29 is 0 Å². The molecule has 2 heterocycles. The fourth-order valence-corrected chi connectivity index (χ4v) is 3.75. The largest absolute Gasteiger partial charge is 0.314 e. The Hall–Kier alpha value is -0.830. The van der Waals surface area contributed by atoms with Gasteiger partial charge in [-0.15, -0.1) is 0 Å². The number of nitrogens with one attached hydrogen (secondary N) is 1. The first-order valence-electron chi connectivity index (χ1n) is 8.08. The van der Waals surface area contributed by atoms with Gasteiger partial charge in [0.1, 0.15) is 0 Å². The van der Waals surface area contributed by atoms with Crippen LogP contribution in [0, 0.1) is 5.92 Å². The van der Waals surface area contributed by atoms with E-state index in [4.69, 9.17) is 5.10 Å². The summed E-state index contributed by atoms with van der Waals surface area (Å²) in [6.45, 7) is 3.47. The molecule has 3 rings (SSSR count). The smallest absolute Gasteiger partial charge is 0.0627 e. The van der Waals surface area contributed by atoms with Gasteiger partial charge in [-0.1, -0.05) is 19.3 Å². The maximum absolute atomic E-state index is 4.85. The molecule has 1 N–H and O–H groups in total. The SMILES string of the molecule is CC1CC(Cc2ccn(C3CCCCC3)n2)CCN1. The highest BCUT2D eigenvalue weighted by Crippen LogP contribution is 2.28. The van der Waals surface area contributed by atoms with Gasteiger partial charge in [-0.3, -0.25) is 4.68 Å². The third kappa shape index (κ3) is 3.38. The molecule has 0 bridgehead atoms. The molecule has 1 aliphatic carbocycles. The highest BCUT2D eigenvalue weighted by molar-refractivity contribution is 5.02. The summed E-state index contributed by atoms with van der Waals surface area (Å²) in [7, 11) is 0. The molecule has 0 radical (unpaired) electrons. The van der Waals surface area contributed by atoms with Crippen LogP contribution in [0.4, 0.5) is 0 Å². The van der Waals surface area contributed by atoms with E-state index in [0.717, 1.165) is 5.92 Å². The molecule has 106 valence electrons. The molecule has 0 amide bonds. The Kier molecular flexibility index (Phi) is 4.21. The van der Waals surface area contributed by atoms with E-state index in [9.17, 15) is 0 Å². The molecule has 3 nitrogen and oxygen atoms in total. The fraction of sp³-hybridized carbons (Fsp3) is 0.812. The molecule has 2 unspecified atom stereocenters. The lowest BCUT2D eigenvalue weighted by molar-refractivity contribution is 0.306. The average molecular weight is 261 g/mol. The molecular weight excluding hydrogens is 234 g/mol. The number of piperidine rings is 1. The molecule has 19 heavy (non-hydrogen) atoms. The lowest BCUT2D eigenvalue weighted by Gasteiger charge is -2.27. The van der Waals surface area contributed by atoms with Gasteiger partial charge in [0, 0.05) is 12.2 Å². The topological polar surface area (TPSA) is 29.9 Å². The van der Waals surface area contributed by atoms with E-state index in [1.165, 1.54) is 63.6 Å². The van der Waals surface area contributed by atoms with Crippen LogP contribution >= 0.6 is 0 Å². The third-order valence-corrected chi connectivity index (χ3v) is 4.84. The second-order valence-corrected chi connectivity index (χ2v) is 6.53. The van der Waals surface area contributed by atoms with Gasteiger partial charge in [-0.05, 0) is 57.6 Å². The second-order valence-electron chi connectivity index (χ2n) is 6.53. The van der Waals surface area contributed by atoms with Gasteiger partial charge in [0.15, 0.2) is 0 Å². The minimum Gasteiger partial charge on any atom is -0.314 e. The number of rotatable bonds is 3.